The summed E-state index contributed by atoms with van der Waals surface area (Å²) in [6.07, 6.45) is 13.7. The number of nitrogens with zero attached hydrogens (tertiary/aromatic N) is 4. The van der Waals surface area contributed by atoms with Crippen LogP contribution in [0.3, 0.4) is 0 Å². The van der Waals surface area contributed by atoms with Crippen molar-refractivity contribution < 1.29 is 14.6 Å². The lowest BCUT2D eigenvalue weighted by Crippen LogP contribution is -2.25. The molecule has 4 aromatic rings. The van der Waals surface area contributed by atoms with Crippen LogP contribution in [-0.4, -0.2) is 33.9 Å². The second kappa shape index (κ2) is 19.9. The zero-order valence-corrected chi connectivity index (χ0v) is 34.8. The topological polar surface area (TPSA) is 101 Å². The van der Waals surface area contributed by atoms with Crippen LogP contribution in [0, 0.1) is 13.8 Å². The molecular weight excluding hydrogens is 671 g/mol. The number of azo groups is 1. The van der Waals surface area contributed by atoms with Crippen molar-refractivity contribution in [3.05, 3.63) is 76.6 Å². The summed E-state index contributed by atoms with van der Waals surface area (Å²) >= 11 is 0. The van der Waals surface area contributed by atoms with Crippen LogP contribution in [0.4, 0.5) is 11.4 Å². The van der Waals surface area contributed by atoms with Gasteiger partial charge in [-0.3, -0.25) is 9.48 Å². The Labute approximate surface area is 325 Å². The Bertz CT molecular complexity index is 1850. The molecule has 2 N–H and O–H groups in total. The molecule has 0 fully saturated rings. The zero-order valence-electron chi connectivity index (χ0n) is 34.8. The van der Waals surface area contributed by atoms with Crippen molar-refractivity contribution in [2.45, 2.75) is 157 Å². The van der Waals surface area contributed by atoms with Crippen molar-refractivity contribution in [3.8, 4) is 11.5 Å². The van der Waals surface area contributed by atoms with Crippen molar-refractivity contribution >= 4 is 28.1 Å². The van der Waals surface area contributed by atoms with Gasteiger partial charge in [0.05, 0.1) is 29.2 Å². The molecule has 0 atom stereocenters. The molecule has 1 amide bonds. The van der Waals surface area contributed by atoms with E-state index in [2.05, 4.69) is 82.2 Å². The average molecular weight is 738 g/mol. The predicted molar refractivity (Wildman–Crippen MR) is 224 cm³/mol. The van der Waals surface area contributed by atoms with Gasteiger partial charge in [-0.2, -0.15) is 5.10 Å². The number of rotatable bonds is 22. The average Bonchev–Trinajstić information content (AvgIpc) is 3.44. The van der Waals surface area contributed by atoms with Gasteiger partial charge in [-0.15, -0.1) is 10.2 Å². The van der Waals surface area contributed by atoms with Crippen LogP contribution in [0.15, 0.2) is 58.8 Å². The van der Waals surface area contributed by atoms with E-state index in [9.17, 15) is 9.90 Å². The number of carbonyl (C=O) groups is 1. The number of hydrogen-bond donors (Lipinski definition) is 2. The van der Waals surface area contributed by atoms with Crippen LogP contribution in [0.5, 0.6) is 11.5 Å². The van der Waals surface area contributed by atoms with Crippen LogP contribution >= 0.6 is 0 Å². The number of phenols is 1. The van der Waals surface area contributed by atoms with E-state index in [1.165, 1.54) is 56.1 Å². The molecule has 0 aliphatic rings. The van der Waals surface area contributed by atoms with E-state index < -0.39 is 0 Å². The summed E-state index contributed by atoms with van der Waals surface area (Å²) < 4.78 is 8.38. The van der Waals surface area contributed by atoms with Crippen molar-refractivity contribution in [2.75, 3.05) is 13.2 Å². The summed E-state index contributed by atoms with van der Waals surface area (Å²) in [6.45, 7) is 21.7. The number of aryl methyl sites for hydroxylation is 2. The van der Waals surface area contributed by atoms with Crippen LogP contribution in [0.2, 0.25) is 0 Å². The summed E-state index contributed by atoms with van der Waals surface area (Å²) in [5.74, 6) is 0.532. The summed E-state index contributed by atoms with van der Waals surface area (Å²) in [5, 5.41) is 29.5. The Balaban J connectivity index is 1.38. The number of fused-ring (bicyclic) bond motifs is 1. The van der Waals surface area contributed by atoms with Gasteiger partial charge < -0.3 is 15.2 Å². The lowest BCUT2D eigenvalue weighted by atomic mass is 9.76. The molecule has 0 unspecified atom stereocenters. The number of nitrogens with one attached hydrogen (secondary N) is 1. The highest BCUT2D eigenvalue weighted by molar-refractivity contribution is 6.07. The maximum Gasteiger partial charge on any atom is 0.255 e. The summed E-state index contributed by atoms with van der Waals surface area (Å²) in [7, 11) is 0. The highest BCUT2D eigenvalue weighted by atomic mass is 16.5. The van der Waals surface area contributed by atoms with Crippen molar-refractivity contribution in [3.63, 3.8) is 0 Å². The van der Waals surface area contributed by atoms with Gasteiger partial charge >= 0.3 is 0 Å². The molecule has 4 rings (SSSR count). The van der Waals surface area contributed by atoms with Crippen LogP contribution in [-0.2, 0) is 17.4 Å². The minimum Gasteiger partial charge on any atom is -0.506 e. The predicted octanol–water partition coefficient (Wildman–Crippen LogP) is 12.9. The van der Waals surface area contributed by atoms with Gasteiger partial charge in [-0.1, -0.05) is 130 Å². The first kappa shape index (κ1) is 42.5. The molecule has 54 heavy (non-hydrogen) atoms. The highest BCUT2D eigenvalue weighted by Gasteiger charge is 2.27. The standard InChI is InChI=1S/C46H67N5O3/c1-10-13-14-15-16-17-18-22-29-51-34(5)42(33(4)50-51)49-48-40-32-38(43(52)37-25-20-19-24-36(37)40)44(53)47-28-21-23-30-54-41-27-26-35(45(6,7)11-2)31-39(41)46(8,9)12-3/h19-20,24-27,31-32,52H,10-18,21-23,28-30H2,1-9H3,(H,47,53). The third-order valence-corrected chi connectivity index (χ3v) is 11.4. The first-order chi connectivity index (χ1) is 25.8. The number of aromatic nitrogens is 2. The van der Waals surface area contributed by atoms with Gasteiger partial charge in [0.15, 0.2) is 0 Å². The van der Waals surface area contributed by atoms with E-state index in [4.69, 9.17) is 9.84 Å². The van der Waals surface area contributed by atoms with Crippen molar-refractivity contribution in [1.82, 2.24) is 15.1 Å². The Hall–Kier alpha value is -4.20. The van der Waals surface area contributed by atoms with E-state index in [1.807, 2.05) is 36.7 Å². The van der Waals surface area contributed by atoms with E-state index >= 15 is 0 Å². The van der Waals surface area contributed by atoms with Crippen LogP contribution in [0.25, 0.3) is 10.8 Å². The number of aromatic hydroxyl groups is 1. The first-order valence-electron chi connectivity index (χ1n) is 20.6. The first-order valence-corrected chi connectivity index (χ1v) is 20.6. The molecule has 3 aromatic carbocycles. The molecule has 294 valence electrons. The van der Waals surface area contributed by atoms with Crippen molar-refractivity contribution in [1.29, 1.82) is 0 Å². The Morgan fingerprint density at radius 3 is 2.17 bits per heavy atom. The number of unbranched alkanes of at least 4 members (excludes halogenated alkanes) is 8. The van der Waals surface area contributed by atoms with Gasteiger partial charge in [-0.05, 0) is 74.5 Å². The third kappa shape index (κ3) is 10.9. The molecular formula is C46H67N5O3. The lowest BCUT2D eigenvalue weighted by Gasteiger charge is -2.30. The molecule has 0 aliphatic carbocycles. The quantitative estimate of drug-likeness (QED) is 0.0619. The zero-order chi connectivity index (χ0) is 39.3. The van der Waals surface area contributed by atoms with Gasteiger partial charge in [0.25, 0.3) is 5.91 Å². The molecule has 1 heterocycles. The second-order valence-corrected chi connectivity index (χ2v) is 16.3. The Morgan fingerprint density at radius 1 is 0.815 bits per heavy atom. The SMILES string of the molecule is CCCCCCCCCCn1nc(C)c(N=Nc2cc(C(=O)NCCCCOc3ccc(C(C)(C)CC)cc3C(C)(C)CC)c(O)c3ccccc23)c1C. The van der Waals surface area contributed by atoms with E-state index in [1.54, 1.807) is 12.1 Å². The van der Waals surface area contributed by atoms with Gasteiger partial charge in [-0.25, -0.2) is 0 Å². The number of phenolic OH excluding ortho intramolecular Hbond substituents is 1. The van der Waals surface area contributed by atoms with Gasteiger partial charge in [0.2, 0.25) is 0 Å². The van der Waals surface area contributed by atoms with Crippen molar-refractivity contribution in [2.24, 2.45) is 10.2 Å². The number of ether oxygens (including phenoxy) is 1. The molecule has 8 nitrogen and oxygen atoms in total. The fourth-order valence-corrected chi connectivity index (χ4v) is 6.85. The smallest absolute Gasteiger partial charge is 0.255 e. The van der Waals surface area contributed by atoms with E-state index in [-0.39, 0.29) is 28.1 Å². The summed E-state index contributed by atoms with van der Waals surface area (Å²) in [6, 6.07) is 15.7. The monoisotopic (exact) mass is 738 g/mol. The molecule has 0 saturated heterocycles. The summed E-state index contributed by atoms with van der Waals surface area (Å²) in [5.41, 5.74) is 5.93. The van der Waals surface area contributed by atoms with Crippen LogP contribution in [0.1, 0.15) is 158 Å². The largest absolute Gasteiger partial charge is 0.506 e. The fraction of sp³-hybridized carbons (Fsp3) is 0.565. The van der Waals surface area contributed by atoms with Gasteiger partial charge in [0.1, 0.15) is 17.2 Å². The normalized spacial score (nSPS) is 12.2. The van der Waals surface area contributed by atoms with E-state index in [0.717, 1.165) is 66.9 Å². The molecule has 0 radical (unpaired) electrons. The lowest BCUT2D eigenvalue weighted by molar-refractivity contribution is 0.0950. The minimum atomic E-state index is -0.345. The van der Waals surface area contributed by atoms with Crippen LogP contribution < -0.4 is 10.1 Å². The molecule has 0 bridgehead atoms. The fourth-order valence-electron chi connectivity index (χ4n) is 6.85. The maximum absolute atomic E-state index is 13.5. The number of carbonyl (C=O) groups excluding carboxylic acids is 1. The van der Waals surface area contributed by atoms with Gasteiger partial charge in [0, 0.05) is 29.4 Å². The molecule has 1 aromatic heterocycles. The highest BCUT2D eigenvalue weighted by Crippen LogP contribution is 2.39. The molecule has 0 aliphatic heterocycles. The van der Waals surface area contributed by atoms with E-state index in [0.29, 0.717) is 24.2 Å². The molecule has 0 saturated carbocycles. The number of hydrogen-bond acceptors (Lipinski definition) is 6. The molecule has 0 spiro atoms. The summed E-state index contributed by atoms with van der Waals surface area (Å²) in [4.78, 5) is 13.5. The number of benzene rings is 3. The molecule has 8 heteroatoms. The number of amides is 1. The second-order valence-electron chi connectivity index (χ2n) is 16.3. The Morgan fingerprint density at radius 2 is 1.48 bits per heavy atom. The third-order valence-electron chi connectivity index (χ3n) is 11.4. The maximum atomic E-state index is 13.5. The minimum absolute atomic E-state index is 0.00423. The Kier molecular flexibility index (Phi) is 15.7.